The maximum atomic E-state index is 13.2. The third-order valence-corrected chi connectivity index (χ3v) is 6.39. The summed E-state index contributed by atoms with van der Waals surface area (Å²) in [4.78, 5) is 26.1. The molecule has 4 rings (SSSR count). The molecule has 1 amide bonds. The number of benzene rings is 2. The molecule has 3 N–H and O–H groups in total. The van der Waals surface area contributed by atoms with Gasteiger partial charge in [-0.1, -0.05) is 12.1 Å². The van der Waals surface area contributed by atoms with Gasteiger partial charge in [-0.05, 0) is 50.8 Å². The Morgan fingerprint density at radius 2 is 1.94 bits per heavy atom. The van der Waals surface area contributed by atoms with E-state index in [1.807, 2.05) is 31.1 Å². The molecule has 162 valence electrons. The van der Waals surface area contributed by atoms with E-state index in [1.54, 1.807) is 24.4 Å². The topological polar surface area (TPSA) is 122 Å². The van der Waals surface area contributed by atoms with Gasteiger partial charge in [-0.2, -0.15) is 0 Å². The fourth-order valence-corrected chi connectivity index (χ4v) is 4.18. The summed E-state index contributed by atoms with van der Waals surface area (Å²) in [7, 11) is 0.292. The number of anilines is 2. The molecule has 0 unspecified atom stereocenters. The minimum atomic E-state index is -3.76. The van der Waals surface area contributed by atoms with E-state index < -0.39 is 10.0 Å². The number of likely N-dealkylation sites (tertiary alicyclic amines) is 1. The maximum absolute atomic E-state index is 13.2. The molecule has 9 nitrogen and oxygen atoms in total. The second-order valence-electron chi connectivity index (χ2n) is 7.79. The number of aromatic nitrogens is 2. The van der Waals surface area contributed by atoms with Crippen LogP contribution in [0.2, 0.25) is 0 Å². The van der Waals surface area contributed by atoms with Gasteiger partial charge in [-0.3, -0.25) is 4.79 Å². The molecule has 1 atom stereocenters. The molecule has 0 saturated carbocycles. The summed E-state index contributed by atoms with van der Waals surface area (Å²) in [6.07, 6.45) is 2.60. The Labute approximate surface area is 180 Å². The van der Waals surface area contributed by atoms with Gasteiger partial charge in [0, 0.05) is 36.4 Å². The quantitative estimate of drug-likeness (QED) is 0.620. The number of amides is 1. The summed E-state index contributed by atoms with van der Waals surface area (Å²) < 4.78 is 22.8. The summed E-state index contributed by atoms with van der Waals surface area (Å²) in [6.45, 7) is 1.40. The highest BCUT2D eigenvalue weighted by Gasteiger charge is 2.29. The van der Waals surface area contributed by atoms with Crippen LogP contribution in [0, 0.1) is 0 Å². The van der Waals surface area contributed by atoms with Gasteiger partial charge in [0.05, 0.1) is 16.0 Å². The van der Waals surface area contributed by atoms with E-state index >= 15 is 0 Å². The van der Waals surface area contributed by atoms with Crippen molar-refractivity contribution >= 4 is 38.5 Å². The Bertz CT molecular complexity index is 1230. The van der Waals surface area contributed by atoms with Crippen molar-refractivity contribution in [2.45, 2.75) is 17.4 Å². The van der Waals surface area contributed by atoms with Crippen molar-refractivity contribution in [3.05, 3.63) is 54.2 Å². The number of rotatable bonds is 5. The number of sulfonamides is 1. The van der Waals surface area contributed by atoms with Gasteiger partial charge in [-0.15, -0.1) is 0 Å². The van der Waals surface area contributed by atoms with E-state index in [9.17, 15) is 13.2 Å². The van der Waals surface area contributed by atoms with Crippen LogP contribution in [0.15, 0.2) is 53.6 Å². The van der Waals surface area contributed by atoms with Gasteiger partial charge >= 0.3 is 0 Å². The molecule has 0 bridgehead atoms. The zero-order valence-corrected chi connectivity index (χ0v) is 18.1. The predicted molar refractivity (Wildman–Crippen MR) is 119 cm³/mol. The van der Waals surface area contributed by atoms with Crippen LogP contribution in [0.3, 0.4) is 0 Å². The predicted octanol–water partition coefficient (Wildman–Crippen LogP) is 1.80. The average molecular weight is 441 g/mol. The first-order valence-electron chi connectivity index (χ1n) is 9.84. The van der Waals surface area contributed by atoms with Gasteiger partial charge in [0.15, 0.2) is 0 Å². The Morgan fingerprint density at radius 1 is 1.19 bits per heavy atom. The largest absolute Gasteiger partial charge is 0.337 e. The first-order chi connectivity index (χ1) is 14.7. The Balaban J connectivity index is 1.61. The molecule has 1 fully saturated rings. The number of carbonyl (C=O) groups excluding carboxylic acids is 1. The standard InChI is InChI=1S/C21H24N6O3S/c1-26(2)16-10-11-27(13-16)20(28)18-5-3-4-14-12-23-21(25-19(14)18)24-15-6-8-17(9-7-15)31(22,29)30/h3-9,12,16H,10-11,13H2,1-2H3,(H2,22,29,30)(H,23,24,25)/t16-/m0/s1. The minimum Gasteiger partial charge on any atom is -0.337 e. The molecule has 1 aliphatic heterocycles. The first-order valence-corrected chi connectivity index (χ1v) is 11.4. The van der Waals surface area contributed by atoms with Crippen LogP contribution in [-0.2, 0) is 10.0 Å². The Kier molecular flexibility index (Phi) is 5.61. The minimum absolute atomic E-state index is 0.0204. The molecule has 1 aromatic heterocycles. The average Bonchev–Trinajstić information content (AvgIpc) is 3.23. The van der Waals surface area contributed by atoms with Gasteiger partial charge in [0.2, 0.25) is 16.0 Å². The number of para-hydroxylation sites is 1. The first kappa shape index (κ1) is 21.2. The van der Waals surface area contributed by atoms with Crippen molar-refractivity contribution in [2.75, 3.05) is 32.5 Å². The summed E-state index contributed by atoms with van der Waals surface area (Å²) in [6, 6.07) is 11.8. The molecule has 0 aliphatic carbocycles. The van der Waals surface area contributed by atoms with Gasteiger partial charge in [-0.25, -0.2) is 23.5 Å². The van der Waals surface area contributed by atoms with E-state index in [0.29, 0.717) is 41.8 Å². The van der Waals surface area contributed by atoms with Gasteiger partial charge in [0.25, 0.3) is 5.91 Å². The lowest BCUT2D eigenvalue weighted by atomic mass is 10.1. The van der Waals surface area contributed by atoms with Crippen LogP contribution in [0.4, 0.5) is 11.6 Å². The number of likely N-dealkylation sites (N-methyl/N-ethyl adjacent to an activating group) is 1. The molecule has 3 aromatic rings. The highest BCUT2D eigenvalue weighted by Crippen LogP contribution is 2.23. The summed E-state index contributed by atoms with van der Waals surface area (Å²) in [5, 5.41) is 8.94. The van der Waals surface area contributed by atoms with Crippen LogP contribution >= 0.6 is 0 Å². The van der Waals surface area contributed by atoms with E-state index in [0.717, 1.165) is 11.8 Å². The fraction of sp³-hybridized carbons (Fsp3) is 0.286. The van der Waals surface area contributed by atoms with E-state index in [4.69, 9.17) is 5.14 Å². The number of nitrogens with two attached hydrogens (primary N) is 1. The molecule has 0 radical (unpaired) electrons. The van der Waals surface area contributed by atoms with E-state index in [1.165, 1.54) is 12.1 Å². The van der Waals surface area contributed by atoms with Gasteiger partial charge < -0.3 is 15.1 Å². The summed E-state index contributed by atoms with van der Waals surface area (Å²) >= 11 is 0. The van der Waals surface area contributed by atoms with Crippen molar-refractivity contribution in [3.8, 4) is 0 Å². The van der Waals surface area contributed by atoms with Crippen molar-refractivity contribution in [3.63, 3.8) is 0 Å². The Morgan fingerprint density at radius 3 is 2.58 bits per heavy atom. The lowest BCUT2D eigenvalue weighted by molar-refractivity contribution is 0.0785. The van der Waals surface area contributed by atoms with Crippen molar-refractivity contribution < 1.29 is 13.2 Å². The number of nitrogens with zero attached hydrogens (tertiary/aromatic N) is 4. The second kappa shape index (κ2) is 8.22. The number of nitrogens with one attached hydrogen (secondary N) is 1. The Hall–Kier alpha value is -3.08. The molecule has 1 saturated heterocycles. The lowest BCUT2D eigenvalue weighted by Gasteiger charge is -2.20. The second-order valence-corrected chi connectivity index (χ2v) is 9.35. The molecule has 2 aromatic carbocycles. The lowest BCUT2D eigenvalue weighted by Crippen LogP contribution is -2.34. The summed E-state index contributed by atoms with van der Waals surface area (Å²) in [5.41, 5.74) is 1.70. The number of fused-ring (bicyclic) bond motifs is 1. The molecular formula is C21H24N6O3S. The number of carbonyl (C=O) groups is 1. The number of primary sulfonamides is 1. The van der Waals surface area contributed by atoms with Crippen LogP contribution in [0.25, 0.3) is 10.9 Å². The zero-order valence-electron chi connectivity index (χ0n) is 17.3. The number of hydrogen-bond donors (Lipinski definition) is 2. The van der Waals surface area contributed by atoms with E-state index in [-0.39, 0.29) is 10.8 Å². The maximum Gasteiger partial charge on any atom is 0.256 e. The van der Waals surface area contributed by atoms with Crippen LogP contribution < -0.4 is 10.5 Å². The monoisotopic (exact) mass is 440 g/mol. The van der Waals surface area contributed by atoms with E-state index in [2.05, 4.69) is 20.2 Å². The van der Waals surface area contributed by atoms with Crippen LogP contribution in [0.5, 0.6) is 0 Å². The third kappa shape index (κ3) is 4.50. The van der Waals surface area contributed by atoms with Crippen molar-refractivity contribution in [2.24, 2.45) is 5.14 Å². The highest BCUT2D eigenvalue weighted by molar-refractivity contribution is 7.89. The number of hydrogen-bond acceptors (Lipinski definition) is 7. The molecular weight excluding hydrogens is 416 g/mol. The SMILES string of the molecule is CN(C)[C@H]1CCN(C(=O)c2cccc3cnc(Nc4ccc(S(N)(=O)=O)cc4)nc23)C1. The van der Waals surface area contributed by atoms with Crippen LogP contribution in [0.1, 0.15) is 16.8 Å². The normalized spacial score (nSPS) is 16.8. The van der Waals surface area contributed by atoms with Crippen molar-refractivity contribution in [1.82, 2.24) is 19.8 Å². The van der Waals surface area contributed by atoms with Crippen molar-refractivity contribution in [1.29, 1.82) is 0 Å². The van der Waals surface area contributed by atoms with Gasteiger partial charge in [0.1, 0.15) is 0 Å². The van der Waals surface area contributed by atoms with Crippen LogP contribution in [-0.4, -0.2) is 67.3 Å². The smallest absolute Gasteiger partial charge is 0.256 e. The fourth-order valence-electron chi connectivity index (χ4n) is 3.66. The molecule has 2 heterocycles. The molecule has 31 heavy (non-hydrogen) atoms. The highest BCUT2D eigenvalue weighted by atomic mass is 32.2. The zero-order chi connectivity index (χ0) is 22.2. The third-order valence-electron chi connectivity index (χ3n) is 5.46. The molecule has 1 aliphatic rings. The molecule has 0 spiro atoms. The molecule has 10 heteroatoms. The summed E-state index contributed by atoms with van der Waals surface area (Å²) in [5.74, 6) is 0.265.